The predicted molar refractivity (Wildman–Crippen MR) is 81.4 cm³/mol. The van der Waals surface area contributed by atoms with E-state index >= 15 is 0 Å². The molecule has 0 atom stereocenters. The first kappa shape index (κ1) is 13.5. The van der Waals surface area contributed by atoms with Crippen molar-refractivity contribution in [2.75, 3.05) is 13.1 Å². The van der Waals surface area contributed by atoms with Crippen molar-refractivity contribution in [1.82, 2.24) is 4.90 Å². The quantitative estimate of drug-likeness (QED) is 0.745. The van der Waals surface area contributed by atoms with Gasteiger partial charge in [-0.2, -0.15) is 4.99 Å². The molecule has 5 heteroatoms. The monoisotopic (exact) mass is 290 g/mol. The van der Waals surface area contributed by atoms with Crippen molar-refractivity contribution in [3.05, 3.63) is 28.6 Å². The van der Waals surface area contributed by atoms with Crippen LogP contribution in [0.15, 0.2) is 26.4 Å². The number of aliphatic imine (C=N–C) groups is 1. The summed E-state index contributed by atoms with van der Waals surface area (Å²) in [5.74, 6) is 2.17. The topological polar surface area (TPSA) is 45.8 Å². The first-order chi connectivity index (χ1) is 9.61. The SMILES string of the molecule is Cc1ccc(C=C2SC(N3CCC(C)CC3)=NC2=O)o1. The summed E-state index contributed by atoms with van der Waals surface area (Å²) < 4.78 is 5.48. The number of hydrogen-bond acceptors (Lipinski definition) is 4. The number of furan rings is 1. The molecule has 0 aromatic carbocycles. The fourth-order valence-corrected chi connectivity index (χ4v) is 3.34. The summed E-state index contributed by atoms with van der Waals surface area (Å²) in [6.07, 6.45) is 4.12. The number of carbonyl (C=O) groups is 1. The van der Waals surface area contributed by atoms with E-state index in [1.807, 2.05) is 19.1 Å². The highest BCUT2D eigenvalue weighted by Gasteiger charge is 2.28. The highest BCUT2D eigenvalue weighted by atomic mass is 32.2. The van der Waals surface area contributed by atoms with Gasteiger partial charge < -0.3 is 9.32 Å². The Morgan fingerprint density at radius 1 is 1.40 bits per heavy atom. The van der Waals surface area contributed by atoms with Gasteiger partial charge in [-0.1, -0.05) is 6.92 Å². The minimum absolute atomic E-state index is 0.155. The van der Waals surface area contributed by atoms with E-state index in [0.717, 1.165) is 29.9 Å². The lowest BCUT2D eigenvalue weighted by Crippen LogP contribution is -2.35. The van der Waals surface area contributed by atoms with Gasteiger partial charge in [-0.3, -0.25) is 4.79 Å². The number of thioether (sulfide) groups is 1. The van der Waals surface area contributed by atoms with Crippen molar-refractivity contribution in [1.29, 1.82) is 0 Å². The summed E-state index contributed by atoms with van der Waals surface area (Å²) in [6.45, 7) is 6.15. The number of aryl methyl sites for hydroxylation is 1. The van der Waals surface area contributed by atoms with Crippen molar-refractivity contribution < 1.29 is 9.21 Å². The van der Waals surface area contributed by atoms with Crippen LogP contribution < -0.4 is 0 Å². The molecule has 20 heavy (non-hydrogen) atoms. The molecule has 0 aliphatic carbocycles. The molecule has 0 bridgehead atoms. The maximum atomic E-state index is 12.0. The van der Waals surface area contributed by atoms with E-state index in [2.05, 4.69) is 16.8 Å². The third-order valence-electron chi connectivity index (χ3n) is 3.70. The summed E-state index contributed by atoms with van der Waals surface area (Å²) in [6, 6.07) is 3.76. The van der Waals surface area contributed by atoms with Gasteiger partial charge in [0, 0.05) is 19.2 Å². The molecule has 1 aromatic rings. The van der Waals surface area contributed by atoms with Crippen molar-refractivity contribution in [2.24, 2.45) is 10.9 Å². The maximum Gasteiger partial charge on any atom is 0.286 e. The summed E-state index contributed by atoms with van der Waals surface area (Å²) in [4.78, 5) is 19.0. The van der Waals surface area contributed by atoms with E-state index in [1.165, 1.54) is 24.6 Å². The van der Waals surface area contributed by atoms with E-state index in [-0.39, 0.29) is 5.91 Å². The lowest BCUT2D eigenvalue weighted by molar-refractivity contribution is -0.113. The van der Waals surface area contributed by atoms with E-state index < -0.39 is 0 Å². The average Bonchev–Trinajstić information content (AvgIpc) is 2.98. The average molecular weight is 290 g/mol. The predicted octanol–water partition coefficient (Wildman–Crippen LogP) is 3.29. The Bertz CT molecular complexity index is 580. The zero-order valence-corrected chi connectivity index (χ0v) is 12.6. The molecule has 0 N–H and O–H groups in total. The maximum absolute atomic E-state index is 12.0. The molecule has 3 heterocycles. The number of rotatable bonds is 1. The lowest BCUT2D eigenvalue weighted by Gasteiger charge is -2.30. The molecule has 0 radical (unpaired) electrons. The van der Waals surface area contributed by atoms with Gasteiger partial charge in [-0.15, -0.1) is 0 Å². The Labute approximate surface area is 122 Å². The van der Waals surface area contributed by atoms with Gasteiger partial charge in [-0.25, -0.2) is 0 Å². The van der Waals surface area contributed by atoms with Gasteiger partial charge in [0.1, 0.15) is 11.5 Å². The molecular formula is C15H18N2O2S. The Morgan fingerprint density at radius 3 is 2.80 bits per heavy atom. The fourth-order valence-electron chi connectivity index (χ4n) is 2.39. The van der Waals surface area contributed by atoms with Crippen LogP contribution in [0.3, 0.4) is 0 Å². The largest absolute Gasteiger partial charge is 0.462 e. The molecule has 2 aliphatic heterocycles. The van der Waals surface area contributed by atoms with Gasteiger partial charge in [0.15, 0.2) is 5.17 Å². The van der Waals surface area contributed by atoms with Crippen LogP contribution in [-0.2, 0) is 4.79 Å². The standard InChI is InChI=1S/C15H18N2O2S/c1-10-5-7-17(8-6-10)15-16-14(18)13(20-15)9-12-4-3-11(2)19-12/h3-4,9-10H,5-8H2,1-2H3. The first-order valence-electron chi connectivity index (χ1n) is 6.96. The first-order valence-corrected chi connectivity index (χ1v) is 7.77. The molecule has 0 unspecified atom stereocenters. The zero-order valence-electron chi connectivity index (χ0n) is 11.8. The van der Waals surface area contributed by atoms with Crippen LogP contribution in [0.1, 0.15) is 31.3 Å². The Kier molecular flexibility index (Phi) is 3.70. The van der Waals surface area contributed by atoms with E-state index in [4.69, 9.17) is 4.42 Å². The third kappa shape index (κ3) is 2.82. The van der Waals surface area contributed by atoms with Gasteiger partial charge in [0.2, 0.25) is 0 Å². The highest BCUT2D eigenvalue weighted by molar-refractivity contribution is 8.18. The molecule has 2 aliphatic rings. The van der Waals surface area contributed by atoms with Crippen molar-refractivity contribution in [3.63, 3.8) is 0 Å². The molecule has 4 nitrogen and oxygen atoms in total. The number of piperidine rings is 1. The van der Waals surface area contributed by atoms with Gasteiger partial charge >= 0.3 is 0 Å². The molecule has 0 spiro atoms. The van der Waals surface area contributed by atoms with Crippen LogP contribution in [-0.4, -0.2) is 29.1 Å². The van der Waals surface area contributed by atoms with Crippen LogP contribution in [0.5, 0.6) is 0 Å². The Hall–Kier alpha value is -1.49. The van der Waals surface area contributed by atoms with Crippen LogP contribution in [0.25, 0.3) is 6.08 Å². The van der Waals surface area contributed by atoms with Crippen molar-refractivity contribution >= 4 is 28.9 Å². The number of nitrogens with zero attached hydrogens (tertiary/aromatic N) is 2. The fraction of sp³-hybridized carbons (Fsp3) is 0.467. The molecule has 0 saturated carbocycles. The van der Waals surface area contributed by atoms with Crippen molar-refractivity contribution in [3.8, 4) is 0 Å². The zero-order chi connectivity index (χ0) is 14.1. The molecule has 1 aromatic heterocycles. The third-order valence-corrected chi connectivity index (χ3v) is 4.74. The van der Waals surface area contributed by atoms with Crippen LogP contribution in [0.4, 0.5) is 0 Å². The molecule has 106 valence electrons. The smallest absolute Gasteiger partial charge is 0.286 e. The van der Waals surface area contributed by atoms with Crippen LogP contribution >= 0.6 is 11.8 Å². The number of likely N-dealkylation sites (tertiary alicyclic amines) is 1. The van der Waals surface area contributed by atoms with E-state index in [0.29, 0.717) is 10.7 Å². The van der Waals surface area contributed by atoms with Gasteiger partial charge in [-0.05, 0) is 49.6 Å². The minimum atomic E-state index is -0.155. The molecular weight excluding hydrogens is 272 g/mol. The number of hydrogen-bond donors (Lipinski definition) is 0. The normalized spacial score (nSPS) is 22.7. The second-order valence-electron chi connectivity index (χ2n) is 5.43. The Morgan fingerprint density at radius 2 is 2.15 bits per heavy atom. The van der Waals surface area contributed by atoms with E-state index in [9.17, 15) is 4.79 Å². The van der Waals surface area contributed by atoms with Crippen LogP contribution in [0.2, 0.25) is 0 Å². The number of amidine groups is 1. The van der Waals surface area contributed by atoms with Gasteiger partial charge in [0.25, 0.3) is 5.91 Å². The Balaban J connectivity index is 1.71. The second kappa shape index (κ2) is 5.48. The van der Waals surface area contributed by atoms with Crippen LogP contribution in [0, 0.1) is 12.8 Å². The lowest BCUT2D eigenvalue weighted by atomic mass is 10.00. The van der Waals surface area contributed by atoms with Crippen molar-refractivity contribution in [2.45, 2.75) is 26.7 Å². The highest BCUT2D eigenvalue weighted by Crippen LogP contribution is 2.32. The van der Waals surface area contributed by atoms with Gasteiger partial charge in [0.05, 0.1) is 4.91 Å². The minimum Gasteiger partial charge on any atom is -0.462 e. The summed E-state index contributed by atoms with van der Waals surface area (Å²) in [5, 5.41) is 0.844. The summed E-state index contributed by atoms with van der Waals surface area (Å²) in [7, 11) is 0. The molecule has 1 amide bonds. The van der Waals surface area contributed by atoms with E-state index in [1.54, 1.807) is 6.08 Å². The number of amides is 1. The molecule has 1 saturated heterocycles. The summed E-state index contributed by atoms with van der Waals surface area (Å²) >= 11 is 1.46. The molecule has 1 fully saturated rings. The number of carbonyl (C=O) groups excluding carboxylic acids is 1. The second-order valence-corrected chi connectivity index (χ2v) is 6.44. The molecule has 3 rings (SSSR count). The summed E-state index contributed by atoms with van der Waals surface area (Å²) in [5.41, 5.74) is 0.